The summed E-state index contributed by atoms with van der Waals surface area (Å²) in [5.74, 6) is -0.193. The molecule has 0 aliphatic heterocycles. The first-order chi connectivity index (χ1) is 7.54. The van der Waals surface area contributed by atoms with Gasteiger partial charge in [0.2, 0.25) is 5.91 Å². The van der Waals surface area contributed by atoms with Crippen LogP contribution in [0.1, 0.15) is 13.8 Å². The molecule has 0 aromatic heterocycles. The largest absolute Gasteiger partial charge is 0.358 e. The van der Waals surface area contributed by atoms with Crippen molar-refractivity contribution in [2.75, 3.05) is 25.9 Å². The van der Waals surface area contributed by atoms with Crippen LogP contribution in [0.4, 0.5) is 4.79 Å². The smallest absolute Gasteiger partial charge is 0.321 e. The van der Waals surface area contributed by atoms with Crippen LogP contribution in [0.3, 0.4) is 0 Å². The lowest BCUT2D eigenvalue weighted by atomic mass is 10.6. The Balaban J connectivity index is 3.91. The number of nitrogens with one attached hydrogen (secondary N) is 2. The molecule has 16 heavy (non-hydrogen) atoms. The van der Waals surface area contributed by atoms with Crippen molar-refractivity contribution in [3.8, 4) is 0 Å². The standard InChI is InChI=1S/C9H17N3O2S2/c1-4-12(5-2)9(15)16-6-7(13)11-8(14)10-3/h4-6H2,1-3H3,(H2,10,11,13,14). The molecule has 0 bridgehead atoms. The van der Waals surface area contributed by atoms with E-state index in [9.17, 15) is 9.59 Å². The summed E-state index contributed by atoms with van der Waals surface area (Å²) in [7, 11) is 1.45. The number of hydrogen-bond acceptors (Lipinski definition) is 4. The number of amides is 3. The van der Waals surface area contributed by atoms with E-state index in [1.165, 1.54) is 18.8 Å². The summed E-state index contributed by atoms with van der Waals surface area (Å²) in [6.45, 7) is 5.64. The van der Waals surface area contributed by atoms with Crippen LogP contribution < -0.4 is 10.6 Å². The van der Waals surface area contributed by atoms with E-state index in [-0.39, 0.29) is 11.7 Å². The molecule has 0 unspecified atom stereocenters. The van der Waals surface area contributed by atoms with Crippen molar-refractivity contribution in [2.24, 2.45) is 0 Å². The minimum Gasteiger partial charge on any atom is -0.358 e. The monoisotopic (exact) mass is 263 g/mol. The van der Waals surface area contributed by atoms with Gasteiger partial charge in [0.25, 0.3) is 0 Å². The van der Waals surface area contributed by atoms with Crippen molar-refractivity contribution in [3.63, 3.8) is 0 Å². The zero-order valence-electron chi connectivity index (χ0n) is 9.70. The zero-order chi connectivity index (χ0) is 12.6. The second-order valence-electron chi connectivity index (χ2n) is 2.85. The van der Waals surface area contributed by atoms with Gasteiger partial charge >= 0.3 is 6.03 Å². The van der Waals surface area contributed by atoms with Crippen LogP contribution in [0.25, 0.3) is 0 Å². The van der Waals surface area contributed by atoms with Gasteiger partial charge in [-0.2, -0.15) is 0 Å². The van der Waals surface area contributed by atoms with E-state index in [4.69, 9.17) is 12.2 Å². The van der Waals surface area contributed by atoms with Crippen molar-refractivity contribution in [3.05, 3.63) is 0 Å². The average molecular weight is 263 g/mol. The summed E-state index contributed by atoms with van der Waals surface area (Å²) in [5.41, 5.74) is 0. The fourth-order valence-corrected chi connectivity index (χ4v) is 2.13. The van der Waals surface area contributed by atoms with Crippen LogP contribution >= 0.6 is 24.0 Å². The number of thioether (sulfide) groups is 1. The molecule has 0 aromatic rings. The molecule has 3 amide bonds. The number of hydrogen-bond donors (Lipinski definition) is 2. The minimum atomic E-state index is -0.501. The summed E-state index contributed by atoms with van der Waals surface area (Å²) < 4.78 is 0.678. The van der Waals surface area contributed by atoms with Crippen molar-refractivity contribution < 1.29 is 9.59 Å². The number of carbonyl (C=O) groups is 2. The number of thiocarbonyl (C=S) groups is 1. The Kier molecular flexibility index (Phi) is 7.92. The summed E-state index contributed by atoms with van der Waals surface area (Å²) in [5, 5.41) is 4.48. The van der Waals surface area contributed by atoms with Gasteiger partial charge in [-0.05, 0) is 13.8 Å². The van der Waals surface area contributed by atoms with Gasteiger partial charge in [0, 0.05) is 20.1 Å². The molecule has 0 fully saturated rings. The van der Waals surface area contributed by atoms with Crippen molar-refractivity contribution in [1.29, 1.82) is 0 Å². The maximum absolute atomic E-state index is 11.2. The lowest BCUT2D eigenvalue weighted by Gasteiger charge is -2.20. The number of urea groups is 1. The average Bonchev–Trinajstić information content (AvgIpc) is 2.27. The van der Waals surface area contributed by atoms with Gasteiger partial charge in [-0.1, -0.05) is 24.0 Å². The molecule has 0 saturated carbocycles. The van der Waals surface area contributed by atoms with Crippen LogP contribution in [0, 0.1) is 0 Å². The summed E-state index contributed by atoms with van der Waals surface area (Å²) in [4.78, 5) is 24.0. The molecule has 0 aromatic carbocycles. The first kappa shape index (κ1) is 15.2. The van der Waals surface area contributed by atoms with Gasteiger partial charge in [-0.15, -0.1) is 0 Å². The van der Waals surface area contributed by atoms with Gasteiger partial charge < -0.3 is 10.2 Å². The minimum absolute atomic E-state index is 0.156. The second kappa shape index (κ2) is 8.35. The van der Waals surface area contributed by atoms with Gasteiger partial charge in [-0.3, -0.25) is 10.1 Å². The molecule has 0 saturated heterocycles. The van der Waals surface area contributed by atoms with Gasteiger partial charge in [0.05, 0.1) is 5.75 Å². The molecule has 2 N–H and O–H groups in total. The second-order valence-corrected chi connectivity index (χ2v) is 4.46. The molecule has 0 radical (unpaired) electrons. The molecule has 5 nitrogen and oxygen atoms in total. The molecular weight excluding hydrogens is 246 g/mol. The van der Waals surface area contributed by atoms with Crippen LogP contribution in [0.5, 0.6) is 0 Å². The number of imide groups is 1. The Morgan fingerprint density at radius 3 is 2.31 bits per heavy atom. The summed E-state index contributed by atoms with van der Waals surface area (Å²) >= 11 is 6.40. The zero-order valence-corrected chi connectivity index (χ0v) is 11.3. The molecule has 0 aliphatic rings. The van der Waals surface area contributed by atoms with E-state index >= 15 is 0 Å². The first-order valence-electron chi connectivity index (χ1n) is 4.98. The van der Waals surface area contributed by atoms with Crippen molar-refractivity contribution >= 4 is 40.2 Å². The first-order valence-corrected chi connectivity index (χ1v) is 6.37. The molecule has 92 valence electrons. The highest BCUT2D eigenvalue weighted by Gasteiger charge is 2.10. The third-order valence-corrected chi connectivity index (χ3v) is 3.35. The van der Waals surface area contributed by atoms with Gasteiger partial charge in [0.1, 0.15) is 4.32 Å². The Hall–Kier alpha value is -0.820. The van der Waals surface area contributed by atoms with E-state index in [0.29, 0.717) is 4.32 Å². The third kappa shape index (κ3) is 5.92. The highest BCUT2D eigenvalue weighted by atomic mass is 32.2. The Morgan fingerprint density at radius 1 is 1.31 bits per heavy atom. The Labute approximate surface area is 105 Å². The highest BCUT2D eigenvalue weighted by molar-refractivity contribution is 8.23. The Morgan fingerprint density at radius 2 is 1.88 bits per heavy atom. The molecule has 0 atom stereocenters. The fourth-order valence-electron chi connectivity index (χ4n) is 0.926. The molecule has 0 aliphatic carbocycles. The van der Waals surface area contributed by atoms with E-state index in [0.717, 1.165) is 13.1 Å². The van der Waals surface area contributed by atoms with E-state index in [1.54, 1.807) is 0 Å². The highest BCUT2D eigenvalue weighted by Crippen LogP contribution is 2.08. The molecule has 0 heterocycles. The summed E-state index contributed by atoms with van der Waals surface area (Å²) in [6.07, 6.45) is 0. The number of carbonyl (C=O) groups excluding carboxylic acids is 2. The van der Waals surface area contributed by atoms with Crippen molar-refractivity contribution in [2.45, 2.75) is 13.8 Å². The normalized spacial score (nSPS) is 9.44. The van der Waals surface area contributed by atoms with E-state index in [2.05, 4.69) is 10.6 Å². The number of rotatable bonds is 4. The lowest BCUT2D eigenvalue weighted by molar-refractivity contribution is -0.117. The molecule has 0 spiro atoms. The molecule has 7 heteroatoms. The molecule has 0 rings (SSSR count). The number of nitrogens with zero attached hydrogens (tertiary/aromatic N) is 1. The fraction of sp³-hybridized carbons (Fsp3) is 0.667. The lowest BCUT2D eigenvalue weighted by Crippen LogP contribution is -2.39. The van der Waals surface area contributed by atoms with Crippen LogP contribution in [0.2, 0.25) is 0 Å². The maximum Gasteiger partial charge on any atom is 0.321 e. The quantitative estimate of drug-likeness (QED) is 0.735. The van der Waals surface area contributed by atoms with Crippen LogP contribution in [-0.4, -0.2) is 47.0 Å². The topological polar surface area (TPSA) is 61.4 Å². The SMILES string of the molecule is CCN(CC)C(=S)SCC(=O)NC(=O)NC. The van der Waals surface area contributed by atoms with Crippen LogP contribution in [0.15, 0.2) is 0 Å². The maximum atomic E-state index is 11.2. The predicted octanol–water partition coefficient (Wildman–Crippen LogP) is 0.802. The predicted molar refractivity (Wildman–Crippen MR) is 70.6 cm³/mol. The summed E-state index contributed by atoms with van der Waals surface area (Å²) in [6, 6.07) is -0.501. The van der Waals surface area contributed by atoms with Crippen molar-refractivity contribution in [1.82, 2.24) is 15.5 Å². The Bertz CT molecular complexity index is 267. The molecular formula is C9H17N3O2S2. The third-order valence-electron chi connectivity index (χ3n) is 1.83. The van der Waals surface area contributed by atoms with Gasteiger partial charge in [0.15, 0.2) is 0 Å². The van der Waals surface area contributed by atoms with Gasteiger partial charge in [-0.25, -0.2) is 4.79 Å². The van der Waals surface area contributed by atoms with E-state index < -0.39 is 6.03 Å². The van der Waals surface area contributed by atoms with Crippen LogP contribution in [-0.2, 0) is 4.79 Å². The van der Waals surface area contributed by atoms with E-state index in [1.807, 2.05) is 18.7 Å².